The van der Waals surface area contributed by atoms with Crippen LogP contribution in [0.15, 0.2) is 66.9 Å². The van der Waals surface area contributed by atoms with Crippen molar-refractivity contribution in [2.24, 2.45) is 0 Å². The topological polar surface area (TPSA) is 86.5 Å². The van der Waals surface area contributed by atoms with Gasteiger partial charge in [-0.2, -0.15) is 0 Å². The number of nitrogens with zero attached hydrogens (tertiary/aromatic N) is 3. The maximum absolute atomic E-state index is 12.1. The van der Waals surface area contributed by atoms with E-state index in [1.807, 2.05) is 43.3 Å². The van der Waals surface area contributed by atoms with Crippen LogP contribution in [0.2, 0.25) is 0 Å². The Kier molecular flexibility index (Phi) is 11.8. The van der Waals surface area contributed by atoms with Gasteiger partial charge in [0.15, 0.2) is 0 Å². The molecule has 2 aliphatic heterocycles. The Balaban J connectivity index is 0.000000210. The van der Waals surface area contributed by atoms with Crippen molar-refractivity contribution >= 4 is 23.1 Å². The summed E-state index contributed by atoms with van der Waals surface area (Å²) in [4.78, 5) is 21.4. The lowest BCUT2D eigenvalue weighted by Gasteiger charge is -2.26. The smallest absolute Gasteiger partial charge is 0.323 e. The normalized spacial score (nSPS) is 16.0. The highest BCUT2D eigenvalue weighted by atomic mass is 16.2. The Hall–Kier alpha value is -3.42. The summed E-state index contributed by atoms with van der Waals surface area (Å²) >= 11 is 0. The zero-order chi connectivity index (χ0) is 28.0. The van der Waals surface area contributed by atoms with Crippen LogP contribution in [0.5, 0.6) is 0 Å². The number of carbonyl (C=O) groups is 1. The van der Waals surface area contributed by atoms with Crippen molar-refractivity contribution in [3.05, 3.63) is 83.7 Å². The Bertz CT molecular complexity index is 1170. The van der Waals surface area contributed by atoms with Gasteiger partial charge in [0.05, 0.1) is 11.9 Å². The predicted octanol–water partition coefficient (Wildman–Crippen LogP) is 6.36. The predicted molar refractivity (Wildman–Crippen MR) is 167 cm³/mol. The second-order valence-electron chi connectivity index (χ2n) is 11.0. The van der Waals surface area contributed by atoms with Crippen LogP contribution in [0.25, 0.3) is 0 Å². The van der Waals surface area contributed by atoms with Crippen molar-refractivity contribution in [3.63, 3.8) is 0 Å². The number of likely N-dealkylation sites (tertiary alicyclic amines) is 2. The molecule has 0 unspecified atom stereocenters. The van der Waals surface area contributed by atoms with Crippen molar-refractivity contribution in [3.8, 4) is 0 Å². The summed E-state index contributed by atoms with van der Waals surface area (Å²) in [6, 6.07) is 19.8. The fourth-order valence-electron chi connectivity index (χ4n) is 5.33. The number of hydrogen-bond acceptors (Lipinski definition) is 5. The first kappa shape index (κ1) is 29.6. The minimum atomic E-state index is -0.251. The molecule has 3 aromatic rings. The summed E-state index contributed by atoms with van der Waals surface area (Å²) in [6.07, 6.45) is 11.9. The molecule has 7 nitrogen and oxygen atoms in total. The zero-order valence-electron chi connectivity index (χ0n) is 24.1. The quantitative estimate of drug-likeness (QED) is 0.288. The highest BCUT2D eigenvalue weighted by Crippen LogP contribution is 2.15. The number of benzene rings is 2. The third-order valence-corrected chi connectivity index (χ3v) is 7.64. The highest BCUT2D eigenvalue weighted by Gasteiger charge is 2.11. The molecule has 0 aliphatic carbocycles. The van der Waals surface area contributed by atoms with Gasteiger partial charge >= 0.3 is 6.03 Å². The van der Waals surface area contributed by atoms with E-state index < -0.39 is 0 Å². The van der Waals surface area contributed by atoms with Gasteiger partial charge in [-0.1, -0.05) is 37.1 Å². The van der Waals surface area contributed by atoms with Crippen LogP contribution in [0, 0.1) is 6.92 Å². The molecule has 2 aliphatic rings. The maximum Gasteiger partial charge on any atom is 0.323 e. The first-order chi connectivity index (χ1) is 19.5. The summed E-state index contributed by atoms with van der Waals surface area (Å²) in [5, 5.41) is 5.69. The molecule has 2 saturated heterocycles. The summed E-state index contributed by atoms with van der Waals surface area (Å²) in [6.45, 7) is 9.17. The molecule has 2 fully saturated rings. The van der Waals surface area contributed by atoms with E-state index in [2.05, 4.69) is 49.7 Å². The molecule has 3 heterocycles. The van der Waals surface area contributed by atoms with Crippen LogP contribution in [-0.2, 0) is 12.8 Å². The van der Waals surface area contributed by atoms with Crippen molar-refractivity contribution in [1.82, 2.24) is 14.8 Å². The third kappa shape index (κ3) is 10.6. The van der Waals surface area contributed by atoms with Gasteiger partial charge in [0.2, 0.25) is 0 Å². The van der Waals surface area contributed by atoms with Crippen LogP contribution < -0.4 is 16.4 Å². The molecule has 4 N–H and O–H groups in total. The van der Waals surface area contributed by atoms with Crippen molar-refractivity contribution in [1.29, 1.82) is 0 Å². The van der Waals surface area contributed by atoms with E-state index in [4.69, 9.17) is 5.73 Å². The third-order valence-electron chi connectivity index (χ3n) is 7.64. The van der Waals surface area contributed by atoms with E-state index in [1.54, 1.807) is 6.20 Å². The number of piperidine rings is 2. The van der Waals surface area contributed by atoms with Gasteiger partial charge in [0.1, 0.15) is 0 Å². The molecule has 2 amide bonds. The minimum Gasteiger partial charge on any atom is -0.399 e. The van der Waals surface area contributed by atoms with Gasteiger partial charge in [0, 0.05) is 30.2 Å². The van der Waals surface area contributed by atoms with Crippen LogP contribution in [0.1, 0.15) is 55.3 Å². The number of anilines is 3. The molecule has 1 aromatic heterocycles. The van der Waals surface area contributed by atoms with Crippen LogP contribution in [0.4, 0.5) is 21.9 Å². The van der Waals surface area contributed by atoms with Crippen LogP contribution >= 0.6 is 0 Å². The SMILES string of the molecule is Cc1ccc(NC(=O)Nc2cccc(CCN3CCCCC3)c2)cn1.Nc1cccc(CCN2CCCCC2)c1. The van der Waals surface area contributed by atoms with E-state index >= 15 is 0 Å². The number of carbonyl (C=O) groups excluding carboxylic acids is 1. The average Bonchev–Trinajstić information content (AvgIpc) is 2.98. The van der Waals surface area contributed by atoms with Crippen LogP contribution in [0.3, 0.4) is 0 Å². The van der Waals surface area contributed by atoms with Gasteiger partial charge in [-0.15, -0.1) is 0 Å². The Labute approximate surface area is 240 Å². The highest BCUT2D eigenvalue weighted by molar-refractivity contribution is 5.99. The number of aromatic nitrogens is 1. The van der Waals surface area contributed by atoms with E-state index in [0.29, 0.717) is 5.69 Å². The number of aryl methyl sites for hydroxylation is 1. The van der Waals surface area contributed by atoms with Gasteiger partial charge in [0.25, 0.3) is 0 Å². The van der Waals surface area contributed by atoms with Crippen molar-refractivity contribution < 1.29 is 4.79 Å². The Morgan fingerprint density at radius 2 is 1.32 bits per heavy atom. The molecular formula is C33H46N6O. The Morgan fingerprint density at radius 3 is 1.90 bits per heavy atom. The summed E-state index contributed by atoms with van der Waals surface area (Å²) < 4.78 is 0. The standard InChI is InChI=1S/C20H26N4O.C13H20N2/c1-16-8-9-19(15-21-16)23-20(25)22-18-7-5-6-17(14-18)10-13-24-11-3-2-4-12-24;14-13-6-4-5-12(11-13)7-10-15-8-2-1-3-9-15/h5-9,14-15H,2-4,10-13H2,1H3,(H2,22,23,25);4-6,11H,1-3,7-10,14H2. The number of hydrogen-bond donors (Lipinski definition) is 3. The second kappa shape index (κ2) is 16.0. The summed E-state index contributed by atoms with van der Waals surface area (Å²) in [5.41, 5.74) is 11.7. The largest absolute Gasteiger partial charge is 0.399 e. The zero-order valence-corrected chi connectivity index (χ0v) is 24.1. The minimum absolute atomic E-state index is 0.251. The van der Waals surface area contributed by atoms with E-state index in [1.165, 1.54) is 82.4 Å². The second-order valence-corrected chi connectivity index (χ2v) is 11.0. The van der Waals surface area contributed by atoms with Gasteiger partial charge in [-0.05, 0) is 119 Å². The molecule has 7 heteroatoms. The number of urea groups is 1. The number of nitrogen functional groups attached to an aromatic ring is 1. The lowest BCUT2D eigenvalue weighted by molar-refractivity contribution is 0.231. The number of rotatable bonds is 8. The molecule has 0 atom stereocenters. The first-order valence-corrected chi connectivity index (χ1v) is 14.9. The van der Waals surface area contributed by atoms with E-state index in [-0.39, 0.29) is 6.03 Å². The van der Waals surface area contributed by atoms with E-state index in [9.17, 15) is 4.79 Å². The molecular weight excluding hydrogens is 496 g/mol. The fourth-order valence-corrected chi connectivity index (χ4v) is 5.33. The molecule has 0 saturated carbocycles. The first-order valence-electron chi connectivity index (χ1n) is 14.9. The molecule has 2 aromatic carbocycles. The van der Waals surface area contributed by atoms with E-state index in [0.717, 1.165) is 36.5 Å². The lowest BCUT2D eigenvalue weighted by Crippen LogP contribution is -2.31. The fraction of sp³-hybridized carbons (Fsp3) is 0.455. The molecule has 0 bridgehead atoms. The van der Waals surface area contributed by atoms with Crippen molar-refractivity contribution in [2.45, 2.75) is 58.3 Å². The van der Waals surface area contributed by atoms with Gasteiger partial charge in [-0.3, -0.25) is 4.98 Å². The lowest BCUT2D eigenvalue weighted by atomic mass is 10.1. The molecule has 214 valence electrons. The monoisotopic (exact) mass is 542 g/mol. The van der Waals surface area contributed by atoms with Crippen molar-refractivity contribution in [2.75, 3.05) is 55.6 Å². The number of pyridine rings is 1. The summed E-state index contributed by atoms with van der Waals surface area (Å²) in [5.74, 6) is 0. The number of amides is 2. The molecule has 5 rings (SSSR count). The maximum atomic E-state index is 12.1. The van der Waals surface area contributed by atoms with Gasteiger partial charge in [-0.25, -0.2) is 4.79 Å². The van der Waals surface area contributed by atoms with Crippen LogP contribution in [-0.4, -0.2) is 60.1 Å². The van der Waals surface area contributed by atoms with Gasteiger partial charge < -0.3 is 26.2 Å². The molecule has 0 spiro atoms. The molecule has 40 heavy (non-hydrogen) atoms. The Morgan fingerprint density at radius 1 is 0.750 bits per heavy atom. The molecule has 0 radical (unpaired) electrons. The average molecular weight is 543 g/mol. The number of nitrogens with one attached hydrogen (secondary N) is 2. The summed E-state index contributed by atoms with van der Waals surface area (Å²) in [7, 11) is 0. The number of nitrogens with two attached hydrogens (primary N) is 1.